The van der Waals surface area contributed by atoms with Crippen molar-refractivity contribution in [1.29, 1.82) is 0 Å². The Kier molecular flexibility index (Phi) is 7.43. The molecule has 2 aromatic carbocycles. The standard InChI is InChI=1S/C17H20N2O2.ClH/c1-2-3-11-19-17(20)15-12-13(18)9-10-16(15)21-14-7-5-4-6-8-14;/h4-10,12H,2-3,11,18H2,1H3,(H,19,20);1H. The third kappa shape index (κ3) is 5.06. The molecule has 0 spiro atoms. The molecule has 0 saturated carbocycles. The Hall–Kier alpha value is -2.04. The number of halogens is 1. The van der Waals surface area contributed by atoms with Gasteiger partial charge in [0.2, 0.25) is 0 Å². The highest BCUT2D eigenvalue weighted by Crippen LogP contribution is 2.26. The summed E-state index contributed by atoms with van der Waals surface area (Å²) in [6.07, 6.45) is 2.01. The zero-order valence-corrected chi connectivity index (χ0v) is 13.4. The number of carbonyl (C=O) groups is 1. The maximum absolute atomic E-state index is 12.3. The number of ether oxygens (including phenoxy) is 1. The van der Waals surface area contributed by atoms with Gasteiger partial charge >= 0.3 is 0 Å². The Labute approximate surface area is 137 Å². The van der Waals surface area contributed by atoms with Crippen LogP contribution < -0.4 is 28.2 Å². The maximum Gasteiger partial charge on any atom is 0.255 e. The number of hydrogen-bond donors (Lipinski definition) is 2. The molecule has 0 saturated heterocycles. The van der Waals surface area contributed by atoms with Crippen LogP contribution in [0, 0.1) is 0 Å². The second-order valence-electron chi connectivity index (χ2n) is 4.86. The number of quaternary nitrogens is 1. The van der Waals surface area contributed by atoms with Gasteiger partial charge < -0.3 is 28.2 Å². The first-order chi connectivity index (χ1) is 10.2. The molecule has 1 amide bonds. The van der Waals surface area contributed by atoms with Crippen LogP contribution in [0.2, 0.25) is 0 Å². The fourth-order valence-electron chi connectivity index (χ4n) is 1.93. The van der Waals surface area contributed by atoms with E-state index < -0.39 is 0 Å². The molecule has 0 radical (unpaired) electrons. The summed E-state index contributed by atoms with van der Waals surface area (Å²) in [5.41, 5.74) is 5.18. The van der Waals surface area contributed by atoms with Crippen LogP contribution in [0.3, 0.4) is 0 Å². The van der Waals surface area contributed by atoms with Crippen molar-refractivity contribution >= 4 is 11.6 Å². The van der Waals surface area contributed by atoms with Crippen LogP contribution in [0.15, 0.2) is 48.5 Å². The third-order valence-corrected chi connectivity index (χ3v) is 3.08. The highest BCUT2D eigenvalue weighted by Gasteiger charge is 2.14. The second-order valence-corrected chi connectivity index (χ2v) is 4.86. The summed E-state index contributed by atoms with van der Waals surface area (Å²) < 4.78 is 5.80. The van der Waals surface area contributed by atoms with Crippen LogP contribution >= 0.6 is 0 Å². The summed E-state index contributed by atoms with van der Waals surface area (Å²) in [5, 5.41) is 2.91. The lowest BCUT2D eigenvalue weighted by molar-refractivity contribution is -0.254. The molecule has 0 aliphatic heterocycles. The predicted molar refractivity (Wildman–Crippen MR) is 82.7 cm³/mol. The van der Waals surface area contributed by atoms with Gasteiger partial charge in [-0.25, -0.2) is 0 Å². The van der Waals surface area contributed by atoms with E-state index in [0.717, 1.165) is 18.5 Å². The average molecular weight is 321 g/mol. The van der Waals surface area contributed by atoms with Gasteiger partial charge in [-0.05, 0) is 24.6 Å². The lowest BCUT2D eigenvalue weighted by Gasteiger charge is -2.11. The van der Waals surface area contributed by atoms with Gasteiger partial charge in [0.25, 0.3) is 5.91 Å². The van der Waals surface area contributed by atoms with E-state index in [1.807, 2.05) is 36.4 Å². The zero-order chi connectivity index (χ0) is 15.1. The van der Waals surface area contributed by atoms with Gasteiger partial charge in [-0.15, -0.1) is 0 Å². The van der Waals surface area contributed by atoms with Gasteiger partial charge in [0, 0.05) is 18.7 Å². The van der Waals surface area contributed by atoms with Crippen molar-refractivity contribution in [2.24, 2.45) is 0 Å². The van der Waals surface area contributed by atoms with E-state index in [9.17, 15) is 4.79 Å². The lowest BCUT2D eigenvalue weighted by atomic mass is 10.1. The van der Waals surface area contributed by atoms with Gasteiger partial charge in [0.1, 0.15) is 17.2 Å². The molecule has 5 heteroatoms. The van der Waals surface area contributed by atoms with Crippen molar-refractivity contribution in [3.63, 3.8) is 0 Å². The van der Waals surface area contributed by atoms with E-state index in [2.05, 4.69) is 18.0 Å². The van der Waals surface area contributed by atoms with Gasteiger partial charge in [0.15, 0.2) is 0 Å². The minimum Gasteiger partial charge on any atom is -1.00 e. The normalized spacial score (nSPS) is 9.73. The average Bonchev–Trinajstić information content (AvgIpc) is 2.50. The van der Waals surface area contributed by atoms with Gasteiger partial charge in [-0.2, -0.15) is 0 Å². The smallest absolute Gasteiger partial charge is 0.255 e. The number of para-hydroxylation sites is 1. The van der Waals surface area contributed by atoms with E-state index in [4.69, 9.17) is 4.74 Å². The second kappa shape index (κ2) is 9.07. The molecule has 0 heterocycles. The summed E-state index contributed by atoms with van der Waals surface area (Å²) in [6.45, 7) is 2.76. The minimum atomic E-state index is -0.125. The molecule has 0 atom stereocenters. The topological polar surface area (TPSA) is 66.0 Å². The number of unbranched alkanes of at least 4 members (excludes halogenated alkanes) is 1. The van der Waals surface area contributed by atoms with E-state index in [1.165, 1.54) is 0 Å². The lowest BCUT2D eigenvalue weighted by Crippen LogP contribution is -3.00. The van der Waals surface area contributed by atoms with Gasteiger partial charge in [-0.3, -0.25) is 4.79 Å². The number of amides is 1. The minimum absolute atomic E-state index is 0. The monoisotopic (exact) mass is 320 g/mol. The van der Waals surface area contributed by atoms with E-state index in [0.29, 0.717) is 23.6 Å². The third-order valence-electron chi connectivity index (χ3n) is 3.08. The van der Waals surface area contributed by atoms with Crippen molar-refractivity contribution in [2.75, 3.05) is 6.54 Å². The Morgan fingerprint density at radius 1 is 1.18 bits per heavy atom. The Morgan fingerprint density at radius 2 is 1.91 bits per heavy atom. The number of rotatable bonds is 6. The van der Waals surface area contributed by atoms with Crippen LogP contribution in [0.5, 0.6) is 11.5 Å². The predicted octanol–water partition coefficient (Wildman–Crippen LogP) is -0.114. The van der Waals surface area contributed by atoms with E-state index in [-0.39, 0.29) is 18.3 Å². The molecule has 118 valence electrons. The number of nitrogens with one attached hydrogen (secondary N) is 1. The summed E-state index contributed by atoms with van der Waals surface area (Å²) in [7, 11) is 0. The zero-order valence-electron chi connectivity index (χ0n) is 12.6. The Morgan fingerprint density at radius 3 is 2.59 bits per heavy atom. The van der Waals surface area contributed by atoms with E-state index in [1.54, 1.807) is 12.1 Å². The molecular weight excluding hydrogens is 300 g/mol. The van der Waals surface area contributed by atoms with Crippen LogP contribution in [-0.2, 0) is 0 Å². The van der Waals surface area contributed by atoms with Crippen LogP contribution in [0.1, 0.15) is 30.1 Å². The molecule has 0 fully saturated rings. The first-order valence-electron chi connectivity index (χ1n) is 7.18. The van der Waals surface area contributed by atoms with Crippen molar-refractivity contribution < 1.29 is 27.7 Å². The molecule has 0 aliphatic carbocycles. The van der Waals surface area contributed by atoms with Crippen molar-refractivity contribution in [2.45, 2.75) is 19.8 Å². The molecule has 22 heavy (non-hydrogen) atoms. The summed E-state index contributed by atoms with van der Waals surface area (Å²) in [4.78, 5) is 12.3. The highest BCUT2D eigenvalue weighted by atomic mass is 35.5. The molecule has 0 unspecified atom stereocenters. The molecule has 2 rings (SSSR count). The number of carbonyl (C=O) groups excluding carboxylic acids is 1. The number of benzene rings is 2. The summed E-state index contributed by atoms with van der Waals surface area (Å²) >= 11 is 0. The van der Waals surface area contributed by atoms with Gasteiger partial charge in [-0.1, -0.05) is 31.5 Å². The van der Waals surface area contributed by atoms with Crippen molar-refractivity contribution in [1.82, 2.24) is 5.32 Å². The molecule has 2 aromatic rings. The SMILES string of the molecule is CCCCNC(=O)c1cc([NH3+])ccc1Oc1ccccc1.[Cl-]. The molecule has 0 aromatic heterocycles. The van der Waals surface area contributed by atoms with Crippen LogP contribution in [-0.4, -0.2) is 12.5 Å². The molecular formula is C17H21ClN2O2. The summed E-state index contributed by atoms with van der Waals surface area (Å²) in [6, 6.07) is 14.8. The molecule has 0 bridgehead atoms. The highest BCUT2D eigenvalue weighted by molar-refractivity contribution is 5.97. The van der Waals surface area contributed by atoms with Crippen molar-refractivity contribution in [3.05, 3.63) is 54.1 Å². The van der Waals surface area contributed by atoms with Crippen LogP contribution in [0.4, 0.5) is 5.69 Å². The van der Waals surface area contributed by atoms with Crippen LogP contribution in [0.25, 0.3) is 0 Å². The quantitative estimate of drug-likeness (QED) is 0.729. The number of hydrogen-bond acceptors (Lipinski definition) is 2. The van der Waals surface area contributed by atoms with E-state index >= 15 is 0 Å². The fourth-order valence-corrected chi connectivity index (χ4v) is 1.93. The first kappa shape index (κ1) is 18.0. The molecule has 4 N–H and O–H groups in total. The first-order valence-corrected chi connectivity index (χ1v) is 7.18. The largest absolute Gasteiger partial charge is 1.00 e. The van der Waals surface area contributed by atoms with Gasteiger partial charge in [0.05, 0.1) is 5.56 Å². The fraction of sp³-hybridized carbons (Fsp3) is 0.235. The Bertz CT molecular complexity index is 603. The molecule has 0 aliphatic rings. The summed E-state index contributed by atoms with van der Waals surface area (Å²) in [5.74, 6) is 1.12. The van der Waals surface area contributed by atoms with Crippen molar-refractivity contribution in [3.8, 4) is 11.5 Å². The Balaban J connectivity index is 0.00000242. The maximum atomic E-state index is 12.3. The molecule has 4 nitrogen and oxygen atoms in total.